The summed E-state index contributed by atoms with van der Waals surface area (Å²) < 4.78 is 32.5. The van der Waals surface area contributed by atoms with Crippen molar-refractivity contribution in [3.05, 3.63) is 23.8 Å². The van der Waals surface area contributed by atoms with Crippen molar-refractivity contribution >= 4 is 10.0 Å². The van der Waals surface area contributed by atoms with Crippen molar-refractivity contribution in [2.45, 2.75) is 43.7 Å². The molecule has 5 nitrogen and oxygen atoms in total. The van der Waals surface area contributed by atoms with Gasteiger partial charge in [0.15, 0.2) is 0 Å². The second kappa shape index (κ2) is 6.11. The number of methoxy groups -OCH3 is 1. The normalized spacial score (nSPS) is 16.9. The first-order valence-electron chi connectivity index (χ1n) is 6.85. The van der Waals surface area contributed by atoms with Gasteiger partial charge in [-0.15, -0.1) is 0 Å². The lowest BCUT2D eigenvalue weighted by molar-refractivity contribution is 0.409. The van der Waals surface area contributed by atoms with Gasteiger partial charge in [-0.1, -0.05) is 12.8 Å². The van der Waals surface area contributed by atoms with Crippen molar-refractivity contribution in [1.29, 1.82) is 0 Å². The first-order chi connectivity index (χ1) is 9.46. The molecule has 20 heavy (non-hydrogen) atoms. The largest absolute Gasteiger partial charge is 0.496 e. The first-order valence-corrected chi connectivity index (χ1v) is 8.34. The predicted octanol–water partition coefficient (Wildman–Crippen LogP) is 1.62. The van der Waals surface area contributed by atoms with Crippen LogP contribution in [0.1, 0.15) is 31.7 Å². The van der Waals surface area contributed by atoms with Crippen molar-refractivity contribution in [2.75, 3.05) is 7.11 Å². The van der Waals surface area contributed by atoms with E-state index in [9.17, 15) is 8.42 Å². The van der Waals surface area contributed by atoms with E-state index in [1.54, 1.807) is 25.3 Å². The lowest BCUT2D eigenvalue weighted by atomic mass is 10.2. The number of hydrogen-bond donors (Lipinski definition) is 2. The molecule has 0 spiro atoms. The van der Waals surface area contributed by atoms with Crippen LogP contribution in [-0.2, 0) is 16.6 Å². The molecule has 6 heteroatoms. The number of hydrogen-bond acceptors (Lipinski definition) is 4. The lowest BCUT2D eigenvalue weighted by Crippen LogP contribution is -2.33. The summed E-state index contributed by atoms with van der Waals surface area (Å²) in [5, 5.41) is 0. The van der Waals surface area contributed by atoms with Gasteiger partial charge in [-0.2, -0.15) is 0 Å². The third-order valence-corrected chi connectivity index (χ3v) is 5.11. The smallest absolute Gasteiger partial charge is 0.240 e. The summed E-state index contributed by atoms with van der Waals surface area (Å²) in [4.78, 5) is 0.237. The standard InChI is InChI=1S/C14H22N2O3S/c1-10(7-11-3-4-11)16-20(17,18)13-5-6-14(19-2)12(8-13)9-15/h5-6,8,10-11,16H,3-4,7,9,15H2,1-2H3. The molecule has 0 radical (unpaired) electrons. The quantitative estimate of drug-likeness (QED) is 0.801. The molecule has 1 unspecified atom stereocenters. The van der Waals surface area contributed by atoms with Gasteiger partial charge in [0.2, 0.25) is 10.0 Å². The zero-order valence-corrected chi connectivity index (χ0v) is 12.7. The van der Waals surface area contributed by atoms with E-state index in [2.05, 4.69) is 4.72 Å². The van der Waals surface area contributed by atoms with Gasteiger partial charge < -0.3 is 10.5 Å². The summed E-state index contributed by atoms with van der Waals surface area (Å²) in [6.45, 7) is 2.15. The Labute approximate surface area is 120 Å². The van der Waals surface area contributed by atoms with Crippen molar-refractivity contribution in [3.63, 3.8) is 0 Å². The highest BCUT2D eigenvalue weighted by Crippen LogP contribution is 2.33. The third kappa shape index (κ3) is 3.71. The number of benzene rings is 1. The monoisotopic (exact) mass is 298 g/mol. The van der Waals surface area contributed by atoms with Crippen LogP contribution in [0.3, 0.4) is 0 Å². The molecule has 1 aliphatic carbocycles. The van der Waals surface area contributed by atoms with E-state index >= 15 is 0 Å². The zero-order valence-electron chi connectivity index (χ0n) is 11.9. The summed E-state index contributed by atoms with van der Waals surface area (Å²) in [7, 11) is -1.96. The molecule has 1 fully saturated rings. The fraction of sp³-hybridized carbons (Fsp3) is 0.571. The maximum Gasteiger partial charge on any atom is 0.240 e. The summed E-state index contributed by atoms with van der Waals surface area (Å²) in [5.41, 5.74) is 6.30. The van der Waals surface area contributed by atoms with E-state index in [1.807, 2.05) is 6.92 Å². The molecule has 0 aromatic heterocycles. The molecule has 0 amide bonds. The minimum absolute atomic E-state index is 0.0454. The number of nitrogens with one attached hydrogen (secondary N) is 1. The first kappa shape index (κ1) is 15.3. The van der Waals surface area contributed by atoms with Crippen LogP contribution in [0.15, 0.2) is 23.1 Å². The van der Waals surface area contributed by atoms with Crippen LogP contribution in [0.4, 0.5) is 0 Å². The van der Waals surface area contributed by atoms with Gasteiger partial charge in [-0.05, 0) is 37.5 Å². The molecular formula is C14H22N2O3S. The minimum atomic E-state index is -3.50. The fourth-order valence-corrected chi connectivity index (χ4v) is 3.62. The lowest BCUT2D eigenvalue weighted by Gasteiger charge is -2.15. The van der Waals surface area contributed by atoms with E-state index < -0.39 is 10.0 Å². The average Bonchev–Trinajstić information content (AvgIpc) is 3.20. The fourth-order valence-electron chi connectivity index (χ4n) is 2.32. The Balaban J connectivity index is 2.15. The highest BCUT2D eigenvalue weighted by Gasteiger charge is 2.26. The zero-order chi connectivity index (χ0) is 14.8. The minimum Gasteiger partial charge on any atom is -0.496 e. The molecule has 1 aromatic carbocycles. The third-order valence-electron chi connectivity index (χ3n) is 3.52. The van der Waals surface area contributed by atoms with Gasteiger partial charge in [-0.3, -0.25) is 0 Å². The SMILES string of the molecule is COc1ccc(S(=O)(=O)NC(C)CC2CC2)cc1CN. The molecule has 3 N–H and O–H groups in total. The van der Waals surface area contributed by atoms with E-state index in [-0.39, 0.29) is 17.5 Å². The topological polar surface area (TPSA) is 81.4 Å². The summed E-state index contributed by atoms with van der Waals surface area (Å²) in [5.74, 6) is 1.29. The van der Waals surface area contributed by atoms with Crippen LogP contribution in [0.5, 0.6) is 5.75 Å². The van der Waals surface area contributed by atoms with Crippen molar-refractivity contribution < 1.29 is 13.2 Å². The van der Waals surface area contributed by atoms with E-state index in [0.717, 1.165) is 6.42 Å². The van der Waals surface area contributed by atoms with Crippen molar-refractivity contribution in [1.82, 2.24) is 4.72 Å². The van der Waals surface area contributed by atoms with Gasteiger partial charge in [0.05, 0.1) is 12.0 Å². The number of nitrogens with two attached hydrogens (primary N) is 1. The van der Waals surface area contributed by atoms with Gasteiger partial charge in [0, 0.05) is 18.2 Å². The molecule has 1 aromatic rings. The molecule has 112 valence electrons. The van der Waals surface area contributed by atoms with E-state index in [1.165, 1.54) is 12.8 Å². The molecule has 0 heterocycles. The second-order valence-corrected chi connectivity index (χ2v) is 7.09. The average molecular weight is 298 g/mol. The van der Waals surface area contributed by atoms with Crippen LogP contribution >= 0.6 is 0 Å². The van der Waals surface area contributed by atoms with Crippen LogP contribution in [-0.4, -0.2) is 21.6 Å². The Morgan fingerprint density at radius 2 is 2.15 bits per heavy atom. The molecular weight excluding hydrogens is 276 g/mol. The van der Waals surface area contributed by atoms with Crippen molar-refractivity contribution in [3.8, 4) is 5.75 Å². The number of ether oxygens (including phenoxy) is 1. The summed E-state index contributed by atoms with van der Waals surface area (Å²) in [6, 6.07) is 4.72. The molecule has 1 atom stereocenters. The maximum atomic E-state index is 12.3. The molecule has 0 saturated heterocycles. The van der Waals surface area contributed by atoms with Crippen molar-refractivity contribution in [2.24, 2.45) is 11.7 Å². The van der Waals surface area contributed by atoms with E-state index in [4.69, 9.17) is 10.5 Å². The number of rotatable bonds is 7. The van der Waals surface area contributed by atoms with Crippen LogP contribution in [0.25, 0.3) is 0 Å². The Bertz CT molecular complexity index is 568. The van der Waals surface area contributed by atoms with Crippen LogP contribution in [0, 0.1) is 5.92 Å². The van der Waals surface area contributed by atoms with Crippen LogP contribution in [0.2, 0.25) is 0 Å². The molecule has 0 bridgehead atoms. The predicted molar refractivity (Wildman–Crippen MR) is 78.0 cm³/mol. The molecule has 0 aliphatic heterocycles. The van der Waals surface area contributed by atoms with Gasteiger partial charge in [0.25, 0.3) is 0 Å². The Morgan fingerprint density at radius 3 is 2.70 bits per heavy atom. The maximum absolute atomic E-state index is 12.3. The van der Waals surface area contributed by atoms with Gasteiger partial charge >= 0.3 is 0 Å². The van der Waals surface area contributed by atoms with Gasteiger partial charge in [-0.25, -0.2) is 13.1 Å². The molecule has 1 aliphatic rings. The van der Waals surface area contributed by atoms with Gasteiger partial charge in [0.1, 0.15) is 5.75 Å². The Hall–Kier alpha value is -1.11. The molecule has 2 rings (SSSR count). The van der Waals surface area contributed by atoms with Crippen LogP contribution < -0.4 is 15.2 Å². The Kier molecular flexibility index (Phi) is 4.67. The summed E-state index contributed by atoms with van der Waals surface area (Å²) >= 11 is 0. The number of sulfonamides is 1. The molecule has 1 saturated carbocycles. The van der Waals surface area contributed by atoms with E-state index in [0.29, 0.717) is 17.2 Å². The Morgan fingerprint density at radius 1 is 1.45 bits per heavy atom. The second-order valence-electron chi connectivity index (χ2n) is 5.38. The highest BCUT2D eigenvalue weighted by atomic mass is 32.2. The highest BCUT2D eigenvalue weighted by molar-refractivity contribution is 7.89. The summed E-state index contributed by atoms with van der Waals surface area (Å²) in [6.07, 6.45) is 3.33.